The van der Waals surface area contributed by atoms with Gasteiger partial charge in [-0.3, -0.25) is 4.79 Å². The summed E-state index contributed by atoms with van der Waals surface area (Å²) in [6, 6.07) is -0.129. The molecule has 4 nitrogen and oxygen atoms in total. The summed E-state index contributed by atoms with van der Waals surface area (Å²) < 4.78 is 5.21. The fourth-order valence-corrected chi connectivity index (χ4v) is 1.44. The molecule has 13 heavy (non-hydrogen) atoms. The van der Waals surface area contributed by atoms with Crippen molar-refractivity contribution in [3.63, 3.8) is 0 Å². The van der Waals surface area contributed by atoms with E-state index in [0.29, 0.717) is 13.0 Å². The maximum Gasteiger partial charge on any atom is 0.239 e. The van der Waals surface area contributed by atoms with Crippen LogP contribution in [0.2, 0.25) is 0 Å². The highest BCUT2D eigenvalue weighted by Gasteiger charge is 2.26. The summed E-state index contributed by atoms with van der Waals surface area (Å²) in [5.41, 5.74) is 5.65. The van der Waals surface area contributed by atoms with Crippen LogP contribution in [0.3, 0.4) is 0 Å². The molecule has 2 atom stereocenters. The van der Waals surface area contributed by atoms with Crippen molar-refractivity contribution in [2.24, 2.45) is 5.73 Å². The molecule has 0 aromatic heterocycles. The predicted octanol–water partition coefficient (Wildman–Crippen LogP) is -0.0290. The summed E-state index contributed by atoms with van der Waals surface area (Å²) in [5, 5.41) is 0. The number of nitrogens with two attached hydrogens (primary N) is 1. The van der Waals surface area contributed by atoms with Crippen LogP contribution >= 0.6 is 0 Å². The van der Waals surface area contributed by atoms with E-state index in [4.69, 9.17) is 10.5 Å². The Morgan fingerprint density at radius 1 is 1.77 bits per heavy atom. The van der Waals surface area contributed by atoms with Crippen molar-refractivity contribution in [1.29, 1.82) is 0 Å². The van der Waals surface area contributed by atoms with E-state index in [2.05, 4.69) is 0 Å². The van der Waals surface area contributed by atoms with Gasteiger partial charge in [-0.15, -0.1) is 0 Å². The van der Waals surface area contributed by atoms with Crippen LogP contribution in [-0.4, -0.2) is 43.2 Å². The SMILES string of the molecule is CC[C@H](N)C(=O)N(C)C1CCOC1. The molecule has 1 saturated heterocycles. The molecule has 0 bridgehead atoms. The number of hydrogen-bond acceptors (Lipinski definition) is 3. The third-order valence-corrected chi connectivity index (χ3v) is 2.56. The Kier molecular flexibility index (Phi) is 3.69. The van der Waals surface area contributed by atoms with Crippen molar-refractivity contribution >= 4 is 5.91 Å². The molecule has 76 valence electrons. The molecule has 4 heteroatoms. The van der Waals surface area contributed by atoms with E-state index in [1.54, 1.807) is 11.9 Å². The third kappa shape index (κ3) is 2.42. The average Bonchev–Trinajstić information content (AvgIpc) is 2.67. The minimum Gasteiger partial charge on any atom is -0.379 e. The van der Waals surface area contributed by atoms with Crippen molar-refractivity contribution < 1.29 is 9.53 Å². The molecular weight excluding hydrogens is 168 g/mol. The van der Waals surface area contributed by atoms with Crippen molar-refractivity contribution in [1.82, 2.24) is 4.90 Å². The lowest BCUT2D eigenvalue weighted by Crippen LogP contribution is -2.46. The van der Waals surface area contributed by atoms with E-state index >= 15 is 0 Å². The standard InChI is InChI=1S/C9H18N2O2/c1-3-8(10)9(12)11(2)7-4-5-13-6-7/h7-8H,3-6,10H2,1-2H3/t7?,8-/m0/s1. The van der Waals surface area contributed by atoms with Gasteiger partial charge in [0.1, 0.15) is 0 Å². The predicted molar refractivity (Wildman–Crippen MR) is 50.3 cm³/mol. The molecule has 1 rings (SSSR count). The summed E-state index contributed by atoms with van der Waals surface area (Å²) in [6.45, 7) is 3.32. The molecule has 0 aliphatic carbocycles. The number of rotatable bonds is 3. The van der Waals surface area contributed by atoms with Gasteiger partial charge in [-0.25, -0.2) is 0 Å². The quantitative estimate of drug-likeness (QED) is 0.673. The molecule has 1 heterocycles. The summed E-state index contributed by atoms with van der Waals surface area (Å²) in [4.78, 5) is 13.3. The van der Waals surface area contributed by atoms with E-state index in [1.165, 1.54) is 0 Å². The molecule has 1 aliphatic rings. The molecule has 0 aromatic rings. The molecule has 1 aliphatic heterocycles. The monoisotopic (exact) mass is 186 g/mol. The zero-order valence-corrected chi connectivity index (χ0v) is 8.32. The maximum atomic E-state index is 11.6. The molecule has 1 unspecified atom stereocenters. The second-order valence-corrected chi connectivity index (χ2v) is 3.48. The van der Waals surface area contributed by atoms with Crippen LogP contribution in [0.1, 0.15) is 19.8 Å². The Bertz CT molecular complexity index is 178. The highest BCUT2D eigenvalue weighted by Crippen LogP contribution is 2.11. The Hall–Kier alpha value is -0.610. The second kappa shape index (κ2) is 4.58. The van der Waals surface area contributed by atoms with Crippen LogP contribution in [0, 0.1) is 0 Å². The normalized spacial score (nSPS) is 24.4. The first-order valence-corrected chi connectivity index (χ1v) is 4.76. The van der Waals surface area contributed by atoms with Gasteiger partial charge in [0.2, 0.25) is 5.91 Å². The molecule has 0 saturated carbocycles. The first-order chi connectivity index (χ1) is 6.16. The lowest BCUT2D eigenvalue weighted by atomic mass is 10.1. The van der Waals surface area contributed by atoms with Crippen LogP contribution < -0.4 is 5.73 Å². The molecule has 0 radical (unpaired) electrons. The number of carbonyl (C=O) groups excluding carboxylic acids is 1. The first-order valence-electron chi connectivity index (χ1n) is 4.76. The molecule has 1 amide bonds. The minimum atomic E-state index is -0.356. The Morgan fingerprint density at radius 3 is 2.92 bits per heavy atom. The van der Waals surface area contributed by atoms with Gasteiger partial charge in [0.15, 0.2) is 0 Å². The fraction of sp³-hybridized carbons (Fsp3) is 0.889. The topological polar surface area (TPSA) is 55.6 Å². The highest BCUT2D eigenvalue weighted by atomic mass is 16.5. The fourth-order valence-electron chi connectivity index (χ4n) is 1.44. The molecule has 0 aromatic carbocycles. The number of ether oxygens (including phenoxy) is 1. The van der Waals surface area contributed by atoms with Gasteiger partial charge < -0.3 is 15.4 Å². The second-order valence-electron chi connectivity index (χ2n) is 3.48. The van der Waals surface area contributed by atoms with Gasteiger partial charge in [-0.05, 0) is 12.8 Å². The third-order valence-electron chi connectivity index (χ3n) is 2.56. The zero-order valence-electron chi connectivity index (χ0n) is 8.32. The lowest BCUT2D eigenvalue weighted by molar-refractivity contribution is -0.133. The van der Waals surface area contributed by atoms with E-state index in [-0.39, 0.29) is 18.0 Å². The van der Waals surface area contributed by atoms with Crippen molar-refractivity contribution in [3.8, 4) is 0 Å². The van der Waals surface area contributed by atoms with E-state index in [1.807, 2.05) is 6.92 Å². The van der Waals surface area contributed by atoms with Gasteiger partial charge in [0, 0.05) is 13.7 Å². The summed E-state index contributed by atoms with van der Waals surface area (Å²) in [5.74, 6) is 0.0259. The maximum absolute atomic E-state index is 11.6. The number of likely N-dealkylation sites (N-methyl/N-ethyl adjacent to an activating group) is 1. The van der Waals surface area contributed by atoms with E-state index < -0.39 is 0 Å². The first kappa shape index (κ1) is 10.5. The number of amides is 1. The molecule has 0 spiro atoms. The number of nitrogens with zero attached hydrogens (tertiary/aromatic N) is 1. The Balaban J connectivity index is 2.45. The van der Waals surface area contributed by atoms with Crippen LogP contribution in [-0.2, 0) is 9.53 Å². The lowest BCUT2D eigenvalue weighted by Gasteiger charge is -2.25. The summed E-state index contributed by atoms with van der Waals surface area (Å²) in [6.07, 6.45) is 1.62. The number of carbonyl (C=O) groups is 1. The van der Waals surface area contributed by atoms with Crippen molar-refractivity contribution in [2.75, 3.05) is 20.3 Å². The minimum absolute atomic E-state index is 0.0259. The van der Waals surface area contributed by atoms with E-state index in [9.17, 15) is 4.79 Å². The van der Waals surface area contributed by atoms with Crippen molar-refractivity contribution in [3.05, 3.63) is 0 Å². The van der Waals surface area contributed by atoms with Crippen molar-refractivity contribution in [2.45, 2.75) is 31.8 Å². The zero-order chi connectivity index (χ0) is 9.84. The van der Waals surface area contributed by atoms with Crippen LogP contribution in [0.15, 0.2) is 0 Å². The van der Waals surface area contributed by atoms with Gasteiger partial charge in [-0.1, -0.05) is 6.92 Å². The molecular formula is C9H18N2O2. The van der Waals surface area contributed by atoms with Gasteiger partial charge in [-0.2, -0.15) is 0 Å². The number of hydrogen-bond donors (Lipinski definition) is 1. The van der Waals surface area contributed by atoms with Gasteiger partial charge >= 0.3 is 0 Å². The molecule has 1 fully saturated rings. The van der Waals surface area contributed by atoms with Crippen LogP contribution in [0.4, 0.5) is 0 Å². The van der Waals surface area contributed by atoms with Crippen LogP contribution in [0.5, 0.6) is 0 Å². The van der Waals surface area contributed by atoms with E-state index in [0.717, 1.165) is 13.0 Å². The Morgan fingerprint density at radius 2 is 2.46 bits per heavy atom. The average molecular weight is 186 g/mol. The smallest absolute Gasteiger partial charge is 0.239 e. The highest BCUT2D eigenvalue weighted by molar-refractivity contribution is 5.81. The Labute approximate surface area is 79.0 Å². The van der Waals surface area contributed by atoms with Gasteiger partial charge in [0.05, 0.1) is 18.7 Å². The summed E-state index contributed by atoms with van der Waals surface area (Å²) >= 11 is 0. The summed E-state index contributed by atoms with van der Waals surface area (Å²) in [7, 11) is 1.80. The molecule has 2 N–H and O–H groups in total. The van der Waals surface area contributed by atoms with Crippen LogP contribution in [0.25, 0.3) is 0 Å². The van der Waals surface area contributed by atoms with Gasteiger partial charge in [0.25, 0.3) is 0 Å². The largest absolute Gasteiger partial charge is 0.379 e.